The van der Waals surface area contributed by atoms with E-state index in [1.54, 1.807) is 24.0 Å². The van der Waals surface area contributed by atoms with E-state index in [9.17, 15) is 18.0 Å². The number of hydrogen-bond donors (Lipinski definition) is 1. The zero-order valence-electron chi connectivity index (χ0n) is 19.3. The number of rotatable bonds is 7. The van der Waals surface area contributed by atoms with Crippen LogP contribution >= 0.6 is 0 Å². The van der Waals surface area contributed by atoms with Crippen molar-refractivity contribution in [2.75, 3.05) is 30.9 Å². The number of amides is 2. The molecular formula is C24H31N3O4S. The lowest BCUT2D eigenvalue weighted by molar-refractivity contribution is -0.122. The van der Waals surface area contributed by atoms with Crippen LogP contribution in [0.4, 0.5) is 11.4 Å². The first-order valence-corrected chi connectivity index (χ1v) is 12.2. The smallest absolute Gasteiger partial charge is 0.242 e. The monoisotopic (exact) mass is 457 g/mol. The highest BCUT2D eigenvalue weighted by atomic mass is 32.2. The highest BCUT2D eigenvalue weighted by Crippen LogP contribution is 2.34. The minimum atomic E-state index is -3.63. The van der Waals surface area contributed by atoms with Gasteiger partial charge >= 0.3 is 0 Å². The predicted molar refractivity (Wildman–Crippen MR) is 126 cm³/mol. The van der Waals surface area contributed by atoms with Gasteiger partial charge < -0.3 is 10.2 Å². The van der Waals surface area contributed by atoms with Gasteiger partial charge in [-0.25, -0.2) is 12.7 Å². The Bertz CT molecular complexity index is 1130. The molecule has 1 fully saturated rings. The van der Waals surface area contributed by atoms with Crippen LogP contribution in [0.15, 0.2) is 47.4 Å². The molecule has 1 saturated heterocycles. The summed E-state index contributed by atoms with van der Waals surface area (Å²) in [6, 6.07) is 12.6. The molecule has 2 aromatic rings. The zero-order valence-corrected chi connectivity index (χ0v) is 20.1. The van der Waals surface area contributed by atoms with E-state index < -0.39 is 15.9 Å². The molecule has 172 valence electrons. The Morgan fingerprint density at radius 3 is 2.56 bits per heavy atom. The summed E-state index contributed by atoms with van der Waals surface area (Å²) in [5.74, 6) is -0.584. The van der Waals surface area contributed by atoms with Gasteiger partial charge in [0.25, 0.3) is 0 Å². The molecule has 7 nitrogen and oxygen atoms in total. The molecule has 0 unspecified atom stereocenters. The lowest BCUT2D eigenvalue weighted by atomic mass is 9.96. The molecule has 0 aromatic heterocycles. The van der Waals surface area contributed by atoms with Crippen LogP contribution in [0.1, 0.15) is 43.7 Å². The fourth-order valence-electron chi connectivity index (χ4n) is 3.88. The second kappa shape index (κ2) is 9.42. The van der Waals surface area contributed by atoms with Crippen LogP contribution in [0.3, 0.4) is 0 Å². The Hall–Kier alpha value is -2.71. The average Bonchev–Trinajstić information content (AvgIpc) is 3.15. The van der Waals surface area contributed by atoms with Gasteiger partial charge in [0.15, 0.2) is 0 Å². The average molecular weight is 458 g/mol. The van der Waals surface area contributed by atoms with Crippen molar-refractivity contribution in [3.05, 3.63) is 53.6 Å². The number of hydrogen-bond acceptors (Lipinski definition) is 4. The highest BCUT2D eigenvalue weighted by molar-refractivity contribution is 7.89. The van der Waals surface area contributed by atoms with Gasteiger partial charge in [-0.2, -0.15) is 0 Å². The number of anilines is 2. The molecule has 1 aliphatic rings. The van der Waals surface area contributed by atoms with Crippen molar-refractivity contribution in [3.8, 4) is 0 Å². The number of sulfonamides is 1. The third-order valence-corrected chi connectivity index (χ3v) is 8.04. The summed E-state index contributed by atoms with van der Waals surface area (Å²) in [4.78, 5) is 27.6. The summed E-state index contributed by atoms with van der Waals surface area (Å²) in [5, 5.41) is 2.80. The SMILES string of the molecule is CC[C@H](C)c1ccccc1N1C[C@H](C(=O)Nc2ccc(C)c(S(=O)(=O)N(C)C)c2)CC1=O. The lowest BCUT2D eigenvalue weighted by Gasteiger charge is -2.23. The first-order valence-electron chi connectivity index (χ1n) is 10.8. The number of para-hydroxylation sites is 1. The number of aryl methyl sites for hydroxylation is 1. The van der Waals surface area contributed by atoms with Crippen LogP contribution in [0.25, 0.3) is 0 Å². The molecule has 1 N–H and O–H groups in total. The van der Waals surface area contributed by atoms with Gasteiger partial charge in [0.05, 0.1) is 10.8 Å². The molecule has 0 bridgehead atoms. The Morgan fingerprint density at radius 2 is 1.91 bits per heavy atom. The standard InChI is InChI=1S/C24H31N3O4S/c1-6-16(2)20-9-7-8-10-21(20)27-15-18(13-23(27)28)24(29)25-19-12-11-17(3)22(14-19)32(30,31)26(4)5/h7-12,14,16,18H,6,13,15H2,1-5H3,(H,25,29)/t16-,18+/m0/s1. The van der Waals surface area contributed by atoms with Crippen LogP contribution < -0.4 is 10.2 Å². The van der Waals surface area contributed by atoms with Gasteiger partial charge in [-0.1, -0.05) is 38.1 Å². The summed E-state index contributed by atoms with van der Waals surface area (Å²) >= 11 is 0. The summed E-state index contributed by atoms with van der Waals surface area (Å²) in [7, 11) is -0.698. The summed E-state index contributed by atoms with van der Waals surface area (Å²) in [6.45, 7) is 6.24. The van der Waals surface area contributed by atoms with Crippen molar-refractivity contribution in [1.82, 2.24) is 4.31 Å². The Kier molecular flexibility index (Phi) is 7.05. The molecule has 2 amide bonds. The van der Waals surface area contributed by atoms with Crippen molar-refractivity contribution in [3.63, 3.8) is 0 Å². The second-order valence-corrected chi connectivity index (χ2v) is 10.7. The van der Waals surface area contributed by atoms with Crippen LogP contribution in [0, 0.1) is 12.8 Å². The van der Waals surface area contributed by atoms with Gasteiger partial charge in [0, 0.05) is 38.4 Å². The van der Waals surface area contributed by atoms with Crippen molar-refractivity contribution in [2.24, 2.45) is 5.92 Å². The number of nitrogens with zero attached hydrogens (tertiary/aromatic N) is 2. The minimum Gasteiger partial charge on any atom is -0.326 e. The summed E-state index contributed by atoms with van der Waals surface area (Å²) in [6.07, 6.45) is 1.07. The second-order valence-electron chi connectivity index (χ2n) is 8.53. The molecule has 8 heteroatoms. The van der Waals surface area contributed by atoms with Gasteiger partial charge in [0.1, 0.15) is 0 Å². The van der Waals surface area contributed by atoms with Crippen LogP contribution in [-0.2, 0) is 19.6 Å². The normalized spacial score (nSPS) is 17.6. The third kappa shape index (κ3) is 4.71. The van der Waals surface area contributed by atoms with E-state index in [0.29, 0.717) is 23.7 Å². The molecule has 0 radical (unpaired) electrons. The molecule has 0 aliphatic carbocycles. The molecule has 2 atom stereocenters. The summed E-state index contributed by atoms with van der Waals surface area (Å²) < 4.78 is 26.3. The number of carbonyl (C=O) groups excluding carboxylic acids is 2. The first-order chi connectivity index (χ1) is 15.1. The predicted octanol–water partition coefficient (Wildman–Crippen LogP) is 3.75. The van der Waals surface area contributed by atoms with Crippen molar-refractivity contribution < 1.29 is 18.0 Å². The van der Waals surface area contributed by atoms with Crippen LogP contribution in [-0.4, -0.2) is 45.2 Å². The first kappa shape index (κ1) is 23.9. The van der Waals surface area contributed by atoms with Crippen LogP contribution in [0.5, 0.6) is 0 Å². The van der Waals surface area contributed by atoms with E-state index in [1.165, 1.54) is 20.2 Å². The number of carbonyl (C=O) groups is 2. The fraction of sp³-hybridized carbons (Fsp3) is 0.417. The maximum absolute atomic E-state index is 12.9. The van der Waals surface area contributed by atoms with E-state index >= 15 is 0 Å². The Balaban J connectivity index is 1.80. The molecule has 0 saturated carbocycles. The number of benzene rings is 2. The topological polar surface area (TPSA) is 86.8 Å². The van der Waals surface area contributed by atoms with Gasteiger partial charge in [-0.15, -0.1) is 0 Å². The van der Waals surface area contributed by atoms with Gasteiger partial charge in [0.2, 0.25) is 21.8 Å². The van der Waals surface area contributed by atoms with Crippen molar-refractivity contribution >= 4 is 33.2 Å². The molecule has 2 aromatic carbocycles. The highest BCUT2D eigenvalue weighted by Gasteiger charge is 2.36. The lowest BCUT2D eigenvalue weighted by Crippen LogP contribution is -2.29. The Labute approximate surface area is 190 Å². The molecule has 1 heterocycles. The quantitative estimate of drug-likeness (QED) is 0.686. The molecular weight excluding hydrogens is 426 g/mol. The molecule has 32 heavy (non-hydrogen) atoms. The van der Waals surface area contributed by atoms with E-state index in [-0.39, 0.29) is 23.1 Å². The summed E-state index contributed by atoms with van der Waals surface area (Å²) in [5.41, 5.74) is 2.95. The van der Waals surface area contributed by atoms with Crippen molar-refractivity contribution in [1.29, 1.82) is 0 Å². The maximum atomic E-state index is 12.9. The maximum Gasteiger partial charge on any atom is 0.242 e. The Morgan fingerprint density at radius 1 is 1.22 bits per heavy atom. The van der Waals surface area contributed by atoms with E-state index in [4.69, 9.17) is 0 Å². The molecule has 1 aliphatic heterocycles. The van der Waals surface area contributed by atoms with E-state index in [1.807, 2.05) is 24.3 Å². The zero-order chi connectivity index (χ0) is 23.6. The number of nitrogens with one attached hydrogen (secondary N) is 1. The van der Waals surface area contributed by atoms with Gasteiger partial charge in [-0.05, 0) is 48.6 Å². The largest absolute Gasteiger partial charge is 0.326 e. The fourth-order valence-corrected chi connectivity index (χ4v) is 5.03. The molecule has 0 spiro atoms. The van der Waals surface area contributed by atoms with E-state index in [2.05, 4.69) is 19.2 Å². The molecule has 3 rings (SSSR count). The van der Waals surface area contributed by atoms with Crippen LogP contribution in [0.2, 0.25) is 0 Å². The van der Waals surface area contributed by atoms with Gasteiger partial charge in [-0.3, -0.25) is 9.59 Å². The van der Waals surface area contributed by atoms with E-state index in [0.717, 1.165) is 22.0 Å². The minimum absolute atomic E-state index is 0.0827. The van der Waals surface area contributed by atoms with Crippen molar-refractivity contribution in [2.45, 2.75) is 44.4 Å². The third-order valence-electron chi connectivity index (χ3n) is 6.08.